The lowest BCUT2D eigenvalue weighted by atomic mass is 10.1. The van der Waals surface area contributed by atoms with Gasteiger partial charge in [0.25, 0.3) is 0 Å². The summed E-state index contributed by atoms with van der Waals surface area (Å²) in [6, 6.07) is 0. The third-order valence-electron chi connectivity index (χ3n) is 1.97. The van der Waals surface area contributed by atoms with Crippen LogP contribution < -0.4 is 0 Å². The fourth-order valence-electron chi connectivity index (χ4n) is 1.04. The molecule has 0 aliphatic heterocycles. The standard InChI is InChI=1S/C10H14F5NO2/c1-7(16)6-8(17)18-5-3-2-4-9(11,12)10(13,14)15/h16H,2-6H2,1H3. The molecule has 0 saturated carbocycles. The normalized spacial score (nSPS) is 12.3. The van der Waals surface area contributed by atoms with Crippen LogP contribution in [-0.4, -0.2) is 30.4 Å². The molecular formula is C10H14F5NO2. The fourth-order valence-corrected chi connectivity index (χ4v) is 1.04. The van der Waals surface area contributed by atoms with Gasteiger partial charge in [-0.15, -0.1) is 0 Å². The van der Waals surface area contributed by atoms with Gasteiger partial charge in [-0.2, -0.15) is 22.0 Å². The van der Waals surface area contributed by atoms with E-state index in [-0.39, 0.29) is 25.2 Å². The van der Waals surface area contributed by atoms with Crippen molar-refractivity contribution >= 4 is 11.7 Å². The quantitative estimate of drug-likeness (QED) is 0.335. The first-order valence-electron chi connectivity index (χ1n) is 5.20. The Kier molecular flexibility index (Phi) is 6.20. The number of unbranched alkanes of at least 4 members (excludes halogenated alkanes) is 1. The van der Waals surface area contributed by atoms with Crippen LogP contribution in [0.5, 0.6) is 0 Å². The van der Waals surface area contributed by atoms with Gasteiger partial charge >= 0.3 is 18.1 Å². The zero-order valence-electron chi connectivity index (χ0n) is 9.74. The van der Waals surface area contributed by atoms with E-state index < -0.39 is 30.9 Å². The summed E-state index contributed by atoms with van der Waals surface area (Å²) in [7, 11) is 0. The minimum absolute atomic E-state index is 0.0749. The first-order valence-corrected chi connectivity index (χ1v) is 5.20. The zero-order valence-corrected chi connectivity index (χ0v) is 9.74. The number of rotatable bonds is 7. The average molecular weight is 275 g/mol. The van der Waals surface area contributed by atoms with Crippen molar-refractivity contribution in [1.82, 2.24) is 0 Å². The van der Waals surface area contributed by atoms with Crippen LogP contribution in [0.2, 0.25) is 0 Å². The lowest BCUT2D eigenvalue weighted by molar-refractivity contribution is -0.284. The summed E-state index contributed by atoms with van der Waals surface area (Å²) in [5.41, 5.74) is 0.0867. The van der Waals surface area contributed by atoms with Gasteiger partial charge in [-0.3, -0.25) is 4.79 Å². The number of halogens is 5. The fraction of sp³-hybridized carbons (Fsp3) is 0.800. The minimum atomic E-state index is -5.54. The molecule has 0 aromatic heterocycles. The van der Waals surface area contributed by atoms with Crippen LogP contribution in [0.4, 0.5) is 22.0 Å². The first-order chi connectivity index (χ1) is 8.06. The van der Waals surface area contributed by atoms with Crippen molar-refractivity contribution in [1.29, 1.82) is 5.41 Å². The lowest BCUT2D eigenvalue weighted by Gasteiger charge is -2.19. The first kappa shape index (κ1) is 16.8. The predicted molar refractivity (Wildman–Crippen MR) is 53.8 cm³/mol. The molecule has 0 aromatic carbocycles. The highest BCUT2D eigenvalue weighted by atomic mass is 19.4. The van der Waals surface area contributed by atoms with E-state index in [1.165, 1.54) is 6.92 Å². The molecule has 106 valence electrons. The summed E-state index contributed by atoms with van der Waals surface area (Å²) in [5.74, 6) is -5.40. The molecule has 8 heteroatoms. The predicted octanol–water partition coefficient (Wildman–Crippen LogP) is 3.33. The van der Waals surface area contributed by atoms with Crippen LogP contribution in [0.25, 0.3) is 0 Å². The van der Waals surface area contributed by atoms with Gasteiger partial charge in [-0.1, -0.05) is 0 Å². The monoisotopic (exact) mass is 275 g/mol. The number of alkyl halides is 5. The molecule has 0 atom stereocenters. The van der Waals surface area contributed by atoms with Crippen molar-refractivity contribution in [2.75, 3.05) is 6.61 Å². The molecule has 3 nitrogen and oxygen atoms in total. The molecule has 0 radical (unpaired) electrons. The van der Waals surface area contributed by atoms with Gasteiger partial charge in [0.1, 0.15) is 0 Å². The molecule has 18 heavy (non-hydrogen) atoms. The molecule has 0 bridgehead atoms. The van der Waals surface area contributed by atoms with Crippen molar-refractivity contribution < 1.29 is 31.5 Å². The van der Waals surface area contributed by atoms with E-state index >= 15 is 0 Å². The number of carbonyl (C=O) groups is 1. The molecule has 0 aliphatic carbocycles. The van der Waals surface area contributed by atoms with Crippen LogP contribution >= 0.6 is 0 Å². The number of carbonyl (C=O) groups excluding carboxylic acids is 1. The van der Waals surface area contributed by atoms with E-state index in [9.17, 15) is 26.7 Å². The van der Waals surface area contributed by atoms with Gasteiger partial charge in [0.15, 0.2) is 0 Å². The Hall–Kier alpha value is -1.21. The maximum Gasteiger partial charge on any atom is 0.453 e. The molecule has 0 spiro atoms. The molecular weight excluding hydrogens is 261 g/mol. The van der Waals surface area contributed by atoms with Crippen LogP contribution in [0, 0.1) is 5.41 Å². The van der Waals surface area contributed by atoms with Gasteiger partial charge in [0.2, 0.25) is 0 Å². The second-order valence-corrected chi connectivity index (χ2v) is 3.84. The van der Waals surface area contributed by atoms with E-state index in [0.29, 0.717) is 0 Å². The number of nitrogens with one attached hydrogen (secondary N) is 1. The summed E-state index contributed by atoms with van der Waals surface area (Å²) in [6.45, 7) is 1.17. The average Bonchev–Trinajstić information content (AvgIpc) is 2.13. The van der Waals surface area contributed by atoms with Crippen LogP contribution in [0.1, 0.15) is 32.6 Å². The highest BCUT2D eigenvalue weighted by molar-refractivity contribution is 5.95. The Bertz CT molecular complexity index is 301. The van der Waals surface area contributed by atoms with Crippen LogP contribution in [0.3, 0.4) is 0 Å². The maximum atomic E-state index is 12.4. The third-order valence-corrected chi connectivity index (χ3v) is 1.97. The summed E-state index contributed by atoms with van der Waals surface area (Å²) in [5, 5.41) is 6.97. The van der Waals surface area contributed by atoms with Gasteiger partial charge < -0.3 is 10.1 Å². The second-order valence-electron chi connectivity index (χ2n) is 3.84. The Morgan fingerprint density at radius 2 is 1.72 bits per heavy atom. The van der Waals surface area contributed by atoms with E-state index in [1.54, 1.807) is 0 Å². The van der Waals surface area contributed by atoms with Gasteiger partial charge in [-0.25, -0.2) is 0 Å². The minimum Gasteiger partial charge on any atom is -0.465 e. The third kappa shape index (κ3) is 6.51. The molecule has 0 aliphatic rings. The Labute approximate surface area is 101 Å². The molecule has 1 N–H and O–H groups in total. The Morgan fingerprint density at radius 1 is 1.17 bits per heavy atom. The zero-order chi connectivity index (χ0) is 14.4. The van der Waals surface area contributed by atoms with Crippen molar-refractivity contribution in [3.8, 4) is 0 Å². The largest absolute Gasteiger partial charge is 0.465 e. The van der Waals surface area contributed by atoms with E-state index in [4.69, 9.17) is 5.41 Å². The molecule has 0 rings (SSSR count). The number of hydrogen-bond donors (Lipinski definition) is 1. The van der Waals surface area contributed by atoms with E-state index in [2.05, 4.69) is 4.74 Å². The molecule has 0 amide bonds. The summed E-state index contributed by atoms with van der Waals surface area (Å²) in [4.78, 5) is 10.9. The molecule has 0 saturated heterocycles. The summed E-state index contributed by atoms with van der Waals surface area (Å²) >= 11 is 0. The maximum absolute atomic E-state index is 12.4. The van der Waals surface area contributed by atoms with Crippen molar-refractivity contribution in [2.45, 2.75) is 44.7 Å². The number of ether oxygens (including phenoxy) is 1. The SMILES string of the molecule is CC(=N)CC(=O)OCCCCC(F)(F)C(F)(F)F. The van der Waals surface area contributed by atoms with Crippen LogP contribution in [-0.2, 0) is 9.53 Å². The Morgan fingerprint density at radius 3 is 2.17 bits per heavy atom. The lowest BCUT2D eigenvalue weighted by Crippen LogP contribution is -2.36. The molecule has 0 fully saturated rings. The van der Waals surface area contributed by atoms with E-state index in [0.717, 1.165) is 0 Å². The summed E-state index contributed by atoms with van der Waals surface area (Å²) < 4.78 is 64.7. The van der Waals surface area contributed by atoms with E-state index in [1.807, 2.05) is 0 Å². The molecule has 0 unspecified atom stereocenters. The van der Waals surface area contributed by atoms with Gasteiger partial charge in [0.05, 0.1) is 13.0 Å². The van der Waals surface area contributed by atoms with Gasteiger partial charge in [0, 0.05) is 12.1 Å². The molecule has 0 heterocycles. The summed E-state index contributed by atoms with van der Waals surface area (Å²) in [6.07, 6.45) is -7.55. The topological polar surface area (TPSA) is 50.2 Å². The second kappa shape index (κ2) is 6.65. The molecule has 0 aromatic rings. The van der Waals surface area contributed by atoms with Crippen molar-refractivity contribution in [3.63, 3.8) is 0 Å². The smallest absolute Gasteiger partial charge is 0.453 e. The number of hydrogen-bond acceptors (Lipinski definition) is 3. The Balaban J connectivity index is 3.75. The highest BCUT2D eigenvalue weighted by Crippen LogP contribution is 2.38. The van der Waals surface area contributed by atoms with Crippen molar-refractivity contribution in [3.05, 3.63) is 0 Å². The number of esters is 1. The van der Waals surface area contributed by atoms with Crippen molar-refractivity contribution in [2.24, 2.45) is 0 Å². The highest BCUT2D eigenvalue weighted by Gasteiger charge is 2.56. The van der Waals surface area contributed by atoms with Gasteiger partial charge in [-0.05, 0) is 19.8 Å². The van der Waals surface area contributed by atoms with Crippen LogP contribution in [0.15, 0.2) is 0 Å².